The van der Waals surface area contributed by atoms with Crippen molar-refractivity contribution in [2.45, 2.75) is 26.0 Å². The largest absolute Gasteiger partial charge is 0.467 e. The van der Waals surface area contributed by atoms with Gasteiger partial charge in [-0.25, -0.2) is 4.79 Å². The van der Waals surface area contributed by atoms with Crippen LogP contribution in [0.1, 0.15) is 34.5 Å². The van der Waals surface area contributed by atoms with Crippen LogP contribution >= 0.6 is 0 Å². The molecule has 166 valence electrons. The Morgan fingerprint density at radius 3 is 2.44 bits per heavy atom. The molecule has 0 saturated heterocycles. The summed E-state index contributed by atoms with van der Waals surface area (Å²) in [4.78, 5) is 36.5. The highest BCUT2D eigenvalue weighted by Gasteiger charge is 2.13. The molecule has 0 bridgehead atoms. The first-order valence-corrected chi connectivity index (χ1v) is 10.3. The lowest BCUT2D eigenvalue weighted by Gasteiger charge is -2.11. The van der Waals surface area contributed by atoms with Crippen LogP contribution in [0.2, 0.25) is 0 Å². The summed E-state index contributed by atoms with van der Waals surface area (Å²) in [6.45, 7) is 0.735. The molecule has 0 unspecified atom stereocenters. The van der Waals surface area contributed by atoms with Crippen molar-refractivity contribution in [3.63, 3.8) is 0 Å². The van der Waals surface area contributed by atoms with Gasteiger partial charge in [0.1, 0.15) is 12.4 Å². The lowest BCUT2D eigenvalue weighted by Crippen LogP contribution is -2.26. The average Bonchev–Trinajstić information content (AvgIpc) is 3.34. The Balaban J connectivity index is 1.38. The van der Waals surface area contributed by atoms with Gasteiger partial charge in [-0.05, 0) is 36.2 Å². The van der Waals surface area contributed by atoms with Crippen molar-refractivity contribution in [2.24, 2.45) is 0 Å². The Labute approximate surface area is 186 Å². The molecule has 32 heavy (non-hydrogen) atoms. The van der Waals surface area contributed by atoms with E-state index in [1.54, 1.807) is 36.4 Å². The van der Waals surface area contributed by atoms with E-state index in [0.29, 0.717) is 30.0 Å². The van der Waals surface area contributed by atoms with Crippen LogP contribution < -0.4 is 16.0 Å². The molecule has 0 aliphatic carbocycles. The van der Waals surface area contributed by atoms with Crippen LogP contribution in [0, 0.1) is 0 Å². The van der Waals surface area contributed by atoms with E-state index in [2.05, 4.69) is 16.0 Å². The standard InChI is InChI=1S/C24H25N3O5/c28-22(13-6-14-25-24(30)32-17-18-8-2-1-3-9-18)27-21-12-5-4-11-20(21)23(29)26-16-19-10-7-15-31-19/h1-5,7-12,15H,6,13-14,16-17H2,(H,25,30)(H,26,29)(H,27,28). The average molecular weight is 435 g/mol. The molecular weight excluding hydrogens is 410 g/mol. The quantitative estimate of drug-likeness (QED) is 0.419. The zero-order valence-electron chi connectivity index (χ0n) is 17.5. The summed E-state index contributed by atoms with van der Waals surface area (Å²) in [5.41, 5.74) is 1.67. The highest BCUT2D eigenvalue weighted by molar-refractivity contribution is 6.03. The molecule has 0 aliphatic heterocycles. The summed E-state index contributed by atoms with van der Waals surface area (Å²) in [5, 5.41) is 8.13. The van der Waals surface area contributed by atoms with Crippen LogP contribution in [0.3, 0.4) is 0 Å². The van der Waals surface area contributed by atoms with Crippen LogP contribution in [0.25, 0.3) is 0 Å². The van der Waals surface area contributed by atoms with Crippen molar-refractivity contribution in [1.29, 1.82) is 0 Å². The molecule has 3 aromatic rings. The zero-order chi connectivity index (χ0) is 22.6. The second kappa shape index (κ2) is 11.9. The van der Waals surface area contributed by atoms with Gasteiger partial charge in [0, 0.05) is 13.0 Å². The molecule has 3 amide bonds. The molecule has 8 heteroatoms. The Morgan fingerprint density at radius 2 is 1.66 bits per heavy atom. The predicted molar refractivity (Wildman–Crippen MR) is 119 cm³/mol. The van der Waals surface area contributed by atoms with Gasteiger partial charge in [-0.3, -0.25) is 9.59 Å². The number of carbonyl (C=O) groups is 3. The molecule has 1 aromatic heterocycles. The van der Waals surface area contributed by atoms with E-state index in [1.165, 1.54) is 6.26 Å². The number of amides is 3. The number of alkyl carbamates (subject to hydrolysis) is 1. The van der Waals surface area contributed by atoms with Gasteiger partial charge in [0.25, 0.3) is 5.91 Å². The number of para-hydroxylation sites is 1. The van der Waals surface area contributed by atoms with Crippen LogP contribution in [0.5, 0.6) is 0 Å². The number of benzene rings is 2. The summed E-state index contributed by atoms with van der Waals surface area (Å²) in [6, 6.07) is 19.6. The van der Waals surface area contributed by atoms with E-state index >= 15 is 0 Å². The summed E-state index contributed by atoms with van der Waals surface area (Å²) in [5.74, 6) is 0.0607. The molecule has 0 spiro atoms. The summed E-state index contributed by atoms with van der Waals surface area (Å²) in [7, 11) is 0. The lowest BCUT2D eigenvalue weighted by atomic mass is 10.1. The lowest BCUT2D eigenvalue weighted by molar-refractivity contribution is -0.116. The molecule has 0 saturated carbocycles. The normalized spacial score (nSPS) is 10.2. The summed E-state index contributed by atoms with van der Waals surface area (Å²) in [6.07, 6.45) is 1.61. The number of carbonyl (C=O) groups excluding carboxylic acids is 3. The first-order valence-electron chi connectivity index (χ1n) is 10.3. The number of furan rings is 1. The Kier molecular flexibility index (Phi) is 8.44. The number of ether oxygens (including phenoxy) is 1. The molecular formula is C24H25N3O5. The topological polar surface area (TPSA) is 110 Å². The van der Waals surface area contributed by atoms with Gasteiger partial charge in [0.05, 0.1) is 24.1 Å². The molecule has 0 aliphatic rings. The van der Waals surface area contributed by atoms with Crippen molar-refractivity contribution in [1.82, 2.24) is 10.6 Å². The van der Waals surface area contributed by atoms with E-state index in [1.807, 2.05) is 30.3 Å². The van der Waals surface area contributed by atoms with Gasteiger partial charge in [0.2, 0.25) is 5.91 Å². The number of anilines is 1. The molecule has 0 fully saturated rings. The Morgan fingerprint density at radius 1 is 0.875 bits per heavy atom. The molecule has 0 atom stereocenters. The molecule has 0 radical (unpaired) electrons. The fourth-order valence-electron chi connectivity index (χ4n) is 2.89. The Hall–Kier alpha value is -4.07. The molecule has 3 rings (SSSR count). The summed E-state index contributed by atoms with van der Waals surface area (Å²) >= 11 is 0. The van der Waals surface area contributed by atoms with Gasteiger partial charge in [0.15, 0.2) is 0 Å². The fourth-order valence-corrected chi connectivity index (χ4v) is 2.89. The second-order valence-electron chi connectivity index (χ2n) is 6.95. The maximum atomic E-state index is 12.5. The van der Waals surface area contributed by atoms with E-state index < -0.39 is 6.09 Å². The maximum Gasteiger partial charge on any atom is 0.407 e. The van der Waals surface area contributed by atoms with E-state index in [0.717, 1.165) is 5.56 Å². The van der Waals surface area contributed by atoms with E-state index in [9.17, 15) is 14.4 Å². The minimum Gasteiger partial charge on any atom is -0.467 e. The van der Waals surface area contributed by atoms with Gasteiger partial charge in [-0.15, -0.1) is 0 Å². The monoisotopic (exact) mass is 435 g/mol. The van der Waals surface area contributed by atoms with Crippen molar-refractivity contribution in [3.8, 4) is 0 Å². The first-order chi connectivity index (χ1) is 15.6. The third kappa shape index (κ3) is 7.32. The molecule has 8 nitrogen and oxygen atoms in total. The number of nitrogens with one attached hydrogen (secondary N) is 3. The van der Waals surface area contributed by atoms with Gasteiger partial charge in [-0.2, -0.15) is 0 Å². The fraction of sp³-hybridized carbons (Fsp3) is 0.208. The van der Waals surface area contributed by atoms with Gasteiger partial charge in [-0.1, -0.05) is 42.5 Å². The highest BCUT2D eigenvalue weighted by atomic mass is 16.5. The Bertz CT molecular complexity index is 1020. The molecule has 2 aromatic carbocycles. The number of rotatable bonds is 10. The van der Waals surface area contributed by atoms with Gasteiger partial charge >= 0.3 is 6.09 Å². The molecule has 3 N–H and O–H groups in total. The van der Waals surface area contributed by atoms with Crippen LogP contribution in [0.15, 0.2) is 77.4 Å². The second-order valence-corrected chi connectivity index (χ2v) is 6.95. The van der Waals surface area contributed by atoms with E-state index in [-0.39, 0.29) is 31.4 Å². The third-order valence-electron chi connectivity index (χ3n) is 4.51. The first kappa shape index (κ1) is 22.6. The minimum atomic E-state index is -0.534. The maximum absolute atomic E-state index is 12.5. The van der Waals surface area contributed by atoms with Crippen LogP contribution in [0.4, 0.5) is 10.5 Å². The van der Waals surface area contributed by atoms with E-state index in [4.69, 9.17) is 9.15 Å². The van der Waals surface area contributed by atoms with Crippen LogP contribution in [-0.2, 0) is 22.7 Å². The number of hydrogen-bond donors (Lipinski definition) is 3. The van der Waals surface area contributed by atoms with Crippen molar-refractivity contribution >= 4 is 23.6 Å². The SMILES string of the molecule is O=C(CCCNC(=O)OCc1ccccc1)Nc1ccccc1C(=O)NCc1ccco1. The zero-order valence-corrected chi connectivity index (χ0v) is 17.5. The minimum absolute atomic E-state index is 0.182. The number of hydrogen-bond acceptors (Lipinski definition) is 5. The molecule has 1 heterocycles. The highest BCUT2D eigenvalue weighted by Crippen LogP contribution is 2.16. The van der Waals surface area contributed by atoms with Crippen LogP contribution in [-0.4, -0.2) is 24.5 Å². The smallest absolute Gasteiger partial charge is 0.407 e. The van der Waals surface area contributed by atoms with Crippen molar-refractivity contribution in [2.75, 3.05) is 11.9 Å². The predicted octanol–water partition coefficient (Wildman–Crippen LogP) is 3.85. The van der Waals surface area contributed by atoms with Gasteiger partial charge < -0.3 is 25.1 Å². The van der Waals surface area contributed by atoms with Crippen molar-refractivity contribution in [3.05, 3.63) is 89.9 Å². The summed E-state index contributed by atoms with van der Waals surface area (Å²) < 4.78 is 10.3. The van der Waals surface area contributed by atoms with Crippen molar-refractivity contribution < 1.29 is 23.5 Å². The third-order valence-corrected chi connectivity index (χ3v) is 4.51.